The van der Waals surface area contributed by atoms with E-state index in [9.17, 15) is 9.18 Å². The molecule has 8 nitrogen and oxygen atoms in total. The predicted octanol–water partition coefficient (Wildman–Crippen LogP) is 2.48. The fourth-order valence-corrected chi connectivity index (χ4v) is 3.60. The molecule has 0 aromatic carbocycles. The van der Waals surface area contributed by atoms with E-state index in [0.717, 1.165) is 42.0 Å². The molecule has 0 aliphatic carbocycles. The van der Waals surface area contributed by atoms with Gasteiger partial charge in [0.2, 0.25) is 0 Å². The van der Waals surface area contributed by atoms with Gasteiger partial charge in [0.25, 0.3) is 5.91 Å². The minimum absolute atomic E-state index is 0.0106. The first kappa shape index (κ1) is 17.2. The van der Waals surface area contributed by atoms with E-state index in [0.29, 0.717) is 5.69 Å². The molecule has 1 aliphatic heterocycles. The van der Waals surface area contributed by atoms with Crippen molar-refractivity contribution in [2.75, 3.05) is 22.5 Å². The van der Waals surface area contributed by atoms with Crippen molar-refractivity contribution in [2.24, 2.45) is 0 Å². The zero-order chi connectivity index (χ0) is 19.2. The van der Waals surface area contributed by atoms with Gasteiger partial charge in [-0.1, -0.05) is 0 Å². The van der Waals surface area contributed by atoms with Crippen LogP contribution in [-0.2, 0) is 0 Å². The van der Waals surface area contributed by atoms with Crippen molar-refractivity contribution in [3.05, 3.63) is 42.2 Å². The number of nitrogen functional groups attached to an aromatic ring is 1. The summed E-state index contributed by atoms with van der Waals surface area (Å²) < 4.78 is 14.5. The van der Waals surface area contributed by atoms with Gasteiger partial charge >= 0.3 is 0 Å². The molecule has 0 atom stereocenters. The van der Waals surface area contributed by atoms with Crippen LogP contribution < -0.4 is 16.0 Å². The number of aromatic nitrogens is 4. The van der Waals surface area contributed by atoms with Gasteiger partial charge in [-0.25, -0.2) is 13.9 Å². The van der Waals surface area contributed by atoms with Gasteiger partial charge in [0.1, 0.15) is 5.56 Å². The third-order valence-corrected chi connectivity index (χ3v) is 4.93. The summed E-state index contributed by atoms with van der Waals surface area (Å²) in [6.45, 7) is 5.25. The van der Waals surface area contributed by atoms with Crippen LogP contribution in [0.4, 0.5) is 21.6 Å². The molecule has 4 rings (SSSR count). The number of halogens is 1. The number of fused-ring (bicyclic) bond motifs is 1. The average Bonchev–Trinajstić information content (AvgIpc) is 3.12. The Morgan fingerprint density at radius 2 is 2.19 bits per heavy atom. The molecule has 3 aromatic rings. The second-order valence-corrected chi connectivity index (χ2v) is 7.22. The quantitative estimate of drug-likeness (QED) is 0.735. The zero-order valence-electron chi connectivity index (χ0n) is 15.1. The summed E-state index contributed by atoms with van der Waals surface area (Å²) in [6.07, 6.45) is 7.61. The number of carbonyl (C=O) groups is 1. The highest BCUT2D eigenvalue weighted by molar-refractivity contribution is 6.12. The average molecular weight is 369 g/mol. The van der Waals surface area contributed by atoms with Crippen LogP contribution in [0.3, 0.4) is 0 Å². The van der Waals surface area contributed by atoms with Gasteiger partial charge in [-0.3, -0.25) is 9.78 Å². The Bertz CT molecular complexity index is 1030. The first-order valence-corrected chi connectivity index (χ1v) is 8.69. The van der Waals surface area contributed by atoms with Crippen LogP contribution in [-0.4, -0.2) is 37.6 Å². The second-order valence-electron chi connectivity index (χ2n) is 7.22. The van der Waals surface area contributed by atoms with E-state index in [2.05, 4.69) is 39.1 Å². The van der Waals surface area contributed by atoms with Gasteiger partial charge in [-0.2, -0.15) is 0 Å². The van der Waals surface area contributed by atoms with Gasteiger partial charge < -0.3 is 16.0 Å². The van der Waals surface area contributed by atoms with E-state index in [4.69, 9.17) is 5.73 Å². The summed E-state index contributed by atoms with van der Waals surface area (Å²) >= 11 is 0. The molecule has 140 valence electrons. The zero-order valence-corrected chi connectivity index (χ0v) is 15.1. The molecule has 27 heavy (non-hydrogen) atoms. The fraction of sp³-hybridized carbons (Fsp3) is 0.333. The van der Waals surface area contributed by atoms with Gasteiger partial charge in [-0.05, 0) is 32.8 Å². The fourth-order valence-electron chi connectivity index (χ4n) is 3.60. The van der Waals surface area contributed by atoms with E-state index in [1.54, 1.807) is 12.4 Å². The summed E-state index contributed by atoms with van der Waals surface area (Å²) in [5, 5.41) is 6.83. The van der Waals surface area contributed by atoms with Crippen molar-refractivity contribution in [1.29, 1.82) is 0 Å². The van der Waals surface area contributed by atoms with E-state index in [1.165, 1.54) is 0 Å². The Morgan fingerprint density at radius 1 is 1.37 bits per heavy atom. The van der Waals surface area contributed by atoms with E-state index in [-0.39, 0.29) is 22.6 Å². The van der Waals surface area contributed by atoms with Crippen LogP contribution in [0, 0.1) is 5.82 Å². The highest BCUT2D eigenvalue weighted by Gasteiger charge is 2.33. The van der Waals surface area contributed by atoms with Crippen molar-refractivity contribution in [2.45, 2.75) is 32.2 Å². The van der Waals surface area contributed by atoms with Crippen LogP contribution >= 0.6 is 0 Å². The van der Waals surface area contributed by atoms with Crippen LogP contribution in [0.5, 0.6) is 0 Å². The number of nitrogens with two attached hydrogens (primary N) is 1. The molecular weight excluding hydrogens is 349 g/mol. The largest absolute Gasteiger partial charge is 0.381 e. The third-order valence-electron chi connectivity index (χ3n) is 4.93. The number of carbonyl (C=O) groups excluding carboxylic acids is 1. The summed E-state index contributed by atoms with van der Waals surface area (Å²) in [5.41, 5.74) is 7.64. The maximum absolute atomic E-state index is 13.3. The smallest absolute Gasteiger partial charge is 0.263 e. The maximum atomic E-state index is 13.3. The van der Waals surface area contributed by atoms with Crippen molar-refractivity contribution < 1.29 is 9.18 Å². The standard InChI is InChI=1S/C18H20FN7O/c1-18(2)5-3-7-25(18)13-4-6-21-9-12(13)23-17(27)14-15(20)24-26-10-11(19)8-22-16(14)26/h4,6,8-10H,3,5,7H2,1-2H3,(H2,20,24)(H,23,27). The van der Waals surface area contributed by atoms with Gasteiger partial charge in [0.15, 0.2) is 17.3 Å². The minimum Gasteiger partial charge on any atom is -0.381 e. The van der Waals surface area contributed by atoms with Gasteiger partial charge in [0, 0.05) is 18.3 Å². The lowest BCUT2D eigenvalue weighted by molar-refractivity contribution is 0.102. The van der Waals surface area contributed by atoms with Gasteiger partial charge in [-0.15, -0.1) is 5.10 Å². The monoisotopic (exact) mass is 369 g/mol. The number of hydrogen-bond donors (Lipinski definition) is 2. The van der Waals surface area contributed by atoms with Gasteiger partial charge in [0.05, 0.1) is 30.0 Å². The molecule has 1 amide bonds. The first-order chi connectivity index (χ1) is 12.9. The van der Waals surface area contributed by atoms with Crippen LogP contribution in [0.2, 0.25) is 0 Å². The SMILES string of the molecule is CC1(C)CCCN1c1ccncc1NC(=O)c1c(N)nn2cc(F)cnc12. The number of amides is 1. The Morgan fingerprint density at radius 3 is 2.93 bits per heavy atom. The molecule has 0 bridgehead atoms. The number of nitrogens with zero attached hydrogens (tertiary/aromatic N) is 5. The number of pyridine rings is 1. The molecular formula is C18H20FN7O. The molecule has 0 unspecified atom stereocenters. The molecule has 0 radical (unpaired) electrons. The molecule has 1 saturated heterocycles. The third kappa shape index (κ3) is 2.94. The summed E-state index contributed by atoms with van der Waals surface area (Å²) in [4.78, 5) is 23.2. The Kier molecular flexibility index (Phi) is 3.94. The lowest BCUT2D eigenvalue weighted by Gasteiger charge is -2.34. The molecule has 1 aliphatic rings. The van der Waals surface area contributed by atoms with Crippen LogP contribution in [0.25, 0.3) is 5.65 Å². The Balaban J connectivity index is 1.70. The second kappa shape index (κ2) is 6.19. The molecule has 0 saturated carbocycles. The molecule has 9 heteroatoms. The minimum atomic E-state index is -0.567. The molecule has 4 heterocycles. The van der Waals surface area contributed by atoms with Crippen LogP contribution in [0.1, 0.15) is 37.0 Å². The highest BCUT2D eigenvalue weighted by atomic mass is 19.1. The predicted molar refractivity (Wildman–Crippen MR) is 100 cm³/mol. The van der Waals surface area contributed by atoms with Crippen molar-refractivity contribution in [1.82, 2.24) is 19.6 Å². The van der Waals surface area contributed by atoms with Crippen molar-refractivity contribution in [3.8, 4) is 0 Å². The lowest BCUT2D eigenvalue weighted by Crippen LogP contribution is -2.38. The Hall–Kier alpha value is -3.23. The lowest BCUT2D eigenvalue weighted by atomic mass is 10.0. The Labute approximate surface area is 155 Å². The number of hydrogen-bond acceptors (Lipinski definition) is 6. The van der Waals surface area contributed by atoms with Crippen molar-refractivity contribution >= 4 is 28.7 Å². The normalized spacial score (nSPS) is 16.0. The van der Waals surface area contributed by atoms with Crippen LogP contribution in [0.15, 0.2) is 30.9 Å². The summed E-state index contributed by atoms with van der Waals surface area (Å²) in [7, 11) is 0. The number of nitrogens with one attached hydrogen (secondary N) is 1. The molecule has 1 fully saturated rings. The summed E-state index contributed by atoms with van der Waals surface area (Å²) in [6, 6.07) is 1.88. The van der Waals surface area contributed by atoms with E-state index < -0.39 is 11.7 Å². The maximum Gasteiger partial charge on any atom is 0.263 e. The topological polar surface area (TPSA) is 101 Å². The number of rotatable bonds is 3. The summed E-state index contributed by atoms with van der Waals surface area (Å²) in [5.74, 6) is -1.05. The number of anilines is 3. The van der Waals surface area contributed by atoms with E-state index >= 15 is 0 Å². The molecule has 3 aromatic heterocycles. The molecule has 3 N–H and O–H groups in total. The highest BCUT2D eigenvalue weighted by Crippen LogP contribution is 2.37. The molecule has 0 spiro atoms. The first-order valence-electron chi connectivity index (χ1n) is 8.69. The van der Waals surface area contributed by atoms with E-state index in [1.807, 2.05) is 6.07 Å². The van der Waals surface area contributed by atoms with Crippen molar-refractivity contribution in [3.63, 3.8) is 0 Å².